The molecule has 0 radical (unpaired) electrons. The Morgan fingerprint density at radius 2 is 2.38 bits per heavy atom. The summed E-state index contributed by atoms with van der Waals surface area (Å²) in [6.45, 7) is 1.96. The van der Waals surface area contributed by atoms with Crippen molar-refractivity contribution in [3.8, 4) is 0 Å². The molecule has 0 bridgehead atoms. The third-order valence-corrected chi connectivity index (χ3v) is 1.71. The van der Waals surface area contributed by atoms with E-state index in [0.717, 1.165) is 12.8 Å². The first-order chi connectivity index (χ1) is 6.13. The molecule has 0 fully saturated rings. The van der Waals surface area contributed by atoms with Crippen molar-refractivity contribution in [3.63, 3.8) is 0 Å². The number of carbonyl (C=O) groups excluding carboxylic acids is 1. The van der Waals surface area contributed by atoms with Crippen LogP contribution in [0.1, 0.15) is 26.2 Å². The molecule has 74 valence electrons. The van der Waals surface area contributed by atoms with E-state index in [9.17, 15) is 9.90 Å². The minimum atomic E-state index is -1.37. The number of carbonyl (C=O) groups is 1. The molecular formula is C7H14N4O2. The second-order valence-corrected chi connectivity index (χ2v) is 2.76. The molecule has 6 nitrogen and oxygen atoms in total. The lowest BCUT2D eigenvalue weighted by molar-refractivity contribution is -0.127. The Hall–Kier alpha value is -1.26. The van der Waals surface area contributed by atoms with E-state index in [1.807, 2.05) is 6.92 Å². The summed E-state index contributed by atoms with van der Waals surface area (Å²) in [5.74, 6) is -0.853. The number of unbranched alkanes of at least 4 members (excludes halogenated alkanes) is 1. The number of hydrogen-bond donors (Lipinski definition) is 2. The fourth-order valence-corrected chi connectivity index (χ4v) is 0.948. The van der Waals surface area contributed by atoms with E-state index in [1.54, 1.807) is 0 Å². The Bertz CT molecular complexity index is 213. The molecule has 0 aromatic carbocycles. The smallest absolute Gasteiger partial charge is 0.246 e. The van der Waals surface area contributed by atoms with Gasteiger partial charge >= 0.3 is 0 Å². The van der Waals surface area contributed by atoms with Crippen molar-refractivity contribution in [2.75, 3.05) is 0 Å². The molecule has 0 rings (SSSR count). The molecule has 2 atom stereocenters. The van der Waals surface area contributed by atoms with Crippen LogP contribution in [0.2, 0.25) is 0 Å². The molecule has 1 amide bonds. The zero-order valence-electron chi connectivity index (χ0n) is 7.55. The van der Waals surface area contributed by atoms with Crippen LogP contribution in [0.4, 0.5) is 0 Å². The summed E-state index contributed by atoms with van der Waals surface area (Å²) in [7, 11) is 0. The summed E-state index contributed by atoms with van der Waals surface area (Å²) in [4.78, 5) is 13.1. The fourth-order valence-electron chi connectivity index (χ4n) is 0.948. The Labute approximate surface area is 76.4 Å². The minimum absolute atomic E-state index is 0.477. The largest absolute Gasteiger partial charge is 0.383 e. The molecule has 0 aromatic heterocycles. The number of azide groups is 1. The zero-order valence-corrected chi connectivity index (χ0v) is 7.55. The zero-order chi connectivity index (χ0) is 10.3. The molecule has 0 saturated carbocycles. The first-order valence-corrected chi connectivity index (χ1v) is 4.15. The number of hydrogen-bond acceptors (Lipinski definition) is 3. The molecule has 0 aliphatic rings. The number of amides is 1. The highest BCUT2D eigenvalue weighted by molar-refractivity contribution is 5.79. The van der Waals surface area contributed by atoms with Crippen LogP contribution in [0.15, 0.2) is 5.11 Å². The molecule has 13 heavy (non-hydrogen) atoms. The topological polar surface area (TPSA) is 112 Å². The second-order valence-electron chi connectivity index (χ2n) is 2.76. The maximum Gasteiger partial charge on any atom is 0.246 e. The summed E-state index contributed by atoms with van der Waals surface area (Å²) in [5.41, 5.74) is 13.0. The number of aliphatic hydroxyl groups is 1. The normalized spacial score (nSPS) is 14.3. The van der Waals surface area contributed by atoms with Crippen LogP contribution in [0.3, 0.4) is 0 Å². The van der Waals surface area contributed by atoms with Crippen molar-refractivity contribution in [1.29, 1.82) is 0 Å². The van der Waals surface area contributed by atoms with Crippen molar-refractivity contribution in [3.05, 3.63) is 10.4 Å². The van der Waals surface area contributed by atoms with Crippen molar-refractivity contribution in [2.24, 2.45) is 10.8 Å². The lowest BCUT2D eigenvalue weighted by atomic mass is 10.1. The molecule has 0 spiro atoms. The van der Waals surface area contributed by atoms with Gasteiger partial charge in [0.2, 0.25) is 5.91 Å². The van der Waals surface area contributed by atoms with E-state index in [2.05, 4.69) is 10.0 Å². The Morgan fingerprint density at radius 1 is 1.77 bits per heavy atom. The van der Waals surface area contributed by atoms with Gasteiger partial charge in [0.1, 0.15) is 6.10 Å². The van der Waals surface area contributed by atoms with Gasteiger partial charge in [0.05, 0.1) is 6.04 Å². The fraction of sp³-hybridized carbons (Fsp3) is 0.857. The number of rotatable bonds is 6. The Morgan fingerprint density at radius 3 is 2.77 bits per heavy atom. The van der Waals surface area contributed by atoms with Gasteiger partial charge in [0, 0.05) is 4.91 Å². The molecule has 0 saturated heterocycles. The predicted octanol–water partition coefficient (Wildman–Crippen LogP) is 0.702. The van der Waals surface area contributed by atoms with Crippen molar-refractivity contribution in [2.45, 2.75) is 38.3 Å². The van der Waals surface area contributed by atoms with Crippen molar-refractivity contribution >= 4 is 5.91 Å². The van der Waals surface area contributed by atoms with Gasteiger partial charge in [-0.2, -0.15) is 0 Å². The molecule has 0 heterocycles. The lowest BCUT2D eigenvalue weighted by Gasteiger charge is -2.14. The number of nitrogens with two attached hydrogens (primary N) is 1. The highest BCUT2D eigenvalue weighted by Gasteiger charge is 2.21. The molecule has 0 aliphatic carbocycles. The summed E-state index contributed by atoms with van der Waals surface area (Å²) in [5, 5.41) is 12.5. The average molecular weight is 186 g/mol. The van der Waals surface area contributed by atoms with Crippen molar-refractivity contribution in [1.82, 2.24) is 0 Å². The quantitative estimate of drug-likeness (QED) is 0.361. The maximum absolute atomic E-state index is 10.6. The monoisotopic (exact) mass is 186 g/mol. The lowest BCUT2D eigenvalue weighted by Crippen LogP contribution is -2.37. The van der Waals surface area contributed by atoms with Gasteiger partial charge in [0.25, 0.3) is 0 Å². The minimum Gasteiger partial charge on any atom is -0.383 e. The van der Waals surface area contributed by atoms with Gasteiger partial charge in [-0.25, -0.2) is 0 Å². The first-order valence-electron chi connectivity index (χ1n) is 4.15. The van der Waals surface area contributed by atoms with Crippen LogP contribution in [-0.2, 0) is 4.79 Å². The van der Waals surface area contributed by atoms with Crippen LogP contribution in [0, 0.1) is 0 Å². The Kier molecular flexibility index (Phi) is 5.67. The van der Waals surface area contributed by atoms with Gasteiger partial charge in [-0.1, -0.05) is 24.9 Å². The second kappa shape index (κ2) is 6.28. The highest BCUT2D eigenvalue weighted by atomic mass is 16.3. The predicted molar refractivity (Wildman–Crippen MR) is 47.7 cm³/mol. The van der Waals surface area contributed by atoms with Gasteiger partial charge in [-0.15, -0.1) is 0 Å². The van der Waals surface area contributed by atoms with Crippen LogP contribution >= 0.6 is 0 Å². The summed E-state index contributed by atoms with van der Waals surface area (Å²) in [6, 6.07) is -0.734. The first kappa shape index (κ1) is 11.7. The summed E-state index contributed by atoms with van der Waals surface area (Å²) >= 11 is 0. The Balaban J connectivity index is 4.22. The van der Waals surface area contributed by atoms with Crippen LogP contribution in [0.5, 0.6) is 0 Å². The van der Waals surface area contributed by atoms with E-state index in [-0.39, 0.29) is 0 Å². The number of aliphatic hydroxyl groups excluding tert-OH is 1. The molecule has 6 heteroatoms. The summed E-state index contributed by atoms with van der Waals surface area (Å²) in [6.07, 6.45) is 0.796. The van der Waals surface area contributed by atoms with Gasteiger partial charge in [0.15, 0.2) is 0 Å². The van der Waals surface area contributed by atoms with E-state index >= 15 is 0 Å². The van der Waals surface area contributed by atoms with E-state index in [1.165, 1.54) is 0 Å². The summed E-state index contributed by atoms with van der Waals surface area (Å²) < 4.78 is 0. The van der Waals surface area contributed by atoms with E-state index in [0.29, 0.717) is 6.42 Å². The maximum atomic E-state index is 10.6. The molecule has 0 aliphatic heterocycles. The highest BCUT2D eigenvalue weighted by Crippen LogP contribution is 2.09. The van der Waals surface area contributed by atoms with Crippen LogP contribution < -0.4 is 5.73 Å². The number of primary amides is 1. The van der Waals surface area contributed by atoms with Gasteiger partial charge in [-0.3, -0.25) is 4.79 Å². The standard InChI is InChI=1S/C7H14N4O2/c1-2-3-4-5(10-11-9)6(12)7(8)13/h5-6,12H,2-4H2,1H3,(H2,8,13). The third-order valence-electron chi connectivity index (χ3n) is 1.71. The molecule has 2 unspecified atom stereocenters. The van der Waals surface area contributed by atoms with Gasteiger partial charge in [-0.05, 0) is 12.0 Å². The molecule has 3 N–H and O–H groups in total. The van der Waals surface area contributed by atoms with E-state index < -0.39 is 18.1 Å². The third kappa shape index (κ3) is 4.35. The average Bonchev–Trinajstić information content (AvgIpc) is 2.11. The van der Waals surface area contributed by atoms with Crippen LogP contribution in [-0.4, -0.2) is 23.2 Å². The van der Waals surface area contributed by atoms with Crippen molar-refractivity contribution < 1.29 is 9.90 Å². The van der Waals surface area contributed by atoms with Crippen LogP contribution in [0.25, 0.3) is 10.4 Å². The molecular weight excluding hydrogens is 172 g/mol. The molecule has 0 aromatic rings. The number of nitrogens with zero attached hydrogens (tertiary/aromatic N) is 3. The SMILES string of the molecule is CCCCC(N=[N+]=[N-])C(O)C(N)=O. The van der Waals surface area contributed by atoms with Gasteiger partial charge < -0.3 is 10.8 Å². The van der Waals surface area contributed by atoms with E-state index in [4.69, 9.17) is 11.3 Å².